The molecule has 2 aliphatic rings. The van der Waals surface area contributed by atoms with Crippen LogP contribution in [0.1, 0.15) is 17.7 Å². The molecule has 3 aromatic rings. The van der Waals surface area contributed by atoms with Crippen LogP contribution < -0.4 is 15.4 Å². The third kappa shape index (κ3) is 5.42. The van der Waals surface area contributed by atoms with Gasteiger partial charge in [-0.15, -0.1) is 11.8 Å². The van der Waals surface area contributed by atoms with Gasteiger partial charge in [-0.05, 0) is 43.1 Å². The molecule has 0 bridgehead atoms. The van der Waals surface area contributed by atoms with E-state index in [0.29, 0.717) is 53.8 Å². The van der Waals surface area contributed by atoms with Gasteiger partial charge < -0.3 is 25.4 Å². The van der Waals surface area contributed by atoms with Crippen molar-refractivity contribution in [2.75, 3.05) is 37.8 Å². The highest BCUT2D eigenvalue weighted by molar-refractivity contribution is 8.00. The topological polar surface area (TPSA) is 99.6 Å². The number of aliphatic hydroxyl groups excluding tert-OH is 1. The molecule has 11 heteroatoms. The first-order chi connectivity index (χ1) is 17.4. The van der Waals surface area contributed by atoms with Gasteiger partial charge in [-0.2, -0.15) is 0 Å². The number of nitrogens with zero attached hydrogens (tertiary/aromatic N) is 3. The second kappa shape index (κ2) is 10.9. The van der Waals surface area contributed by atoms with Gasteiger partial charge in [0.25, 0.3) is 0 Å². The fourth-order valence-electron chi connectivity index (χ4n) is 4.68. The average Bonchev–Trinajstić information content (AvgIpc) is 2.87. The zero-order chi connectivity index (χ0) is 25.2. The Balaban J connectivity index is 1.18. The molecule has 2 atom stereocenters. The number of thioether (sulfide) groups is 1. The molecule has 0 aliphatic carbocycles. The predicted octanol–water partition coefficient (Wildman–Crippen LogP) is 3.24. The summed E-state index contributed by atoms with van der Waals surface area (Å²) in [6.07, 6.45) is 2.30. The predicted molar refractivity (Wildman–Crippen MR) is 138 cm³/mol. The van der Waals surface area contributed by atoms with E-state index < -0.39 is 11.9 Å². The Morgan fingerprint density at radius 3 is 3.06 bits per heavy atom. The Hall–Kier alpha value is -2.50. The number of β-amino-alcohol motifs (C(OH)–C–C–N with tert-alkyl or cyclic N) is 1. The van der Waals surface area contributed by atoms with E-state index in [1.54, 1.807) is 6.07 Å². The molecule has 1 aromatic carbocycles. The van der Waals surface area contributed by atoms with Crippen LogP contribution in [-0.2, 0) is 17.8 Å². The van der Waals surface area contributed by atoms with Crippen LogP contribution in [0, 0.1) is 5.82 Å². The summed E-state index contributed by atoms with van der Waals surface area (Å²) >= 11 is 7.92. The zero-order valence-corrected chi connectivity index (χ0v) is 21.3. The summed E-state index contributed by atoms with van der Waals surface area (Å²) in [6.45, 7) is 2.49. The van der Waals surface area contributed by atoms with Crippen molar-refractivity contribution in [1.29, 1.82) is 0 Å². The van der Waals surface area contributed by atoms with Crippen molar-refractivity contribution in [3.05, 3.63) is 52.6 Å². The number of halogens is 2. The van der Waals surface area contributed by atoms with E-state index in [9.17, 15) is 14.3 Å². The Labute approximate surface area is 217 Å². The van der Waals surface area contributed by atoms with Crippen molar-refractivity contribution in [2.24, 2.45) is 0 Å². The third-order valence-corrected chi connectivity index (χ3v) is 7.99. The smallest absolute Gasteiger partial charge is 0.235 e. The number of methoxy groups -OCH3 is 1. The number of fused-ring (bicyclic) bond motifs is 2. The lowest BCUT2D eigenvalue weighted by Crippen LogP contribution is -2.52. The minimum atomic E-state index is -0.547. The number of aliphatic hydroxyl groups is 1. The Kier molecular flexibility index (Phi) is 7.59. The van der Waals surface area contributed by atoms with Gasteiger partial charge in [0.05, 0.1) is 34.6 Å². The number of carbonyl (C=O) groups is 1. The minimum absolute atomic E-state index is 0.0433. The maximum Gasteiger partial charge on any atom is 0.235 e. The summed E-state index contributed by atoms with van der Waals surface area (Å²) in [5.41, 5.74) is 1.90. The van der Waals surface area contributed by atoms with E-state index in [0.717, 1.165) is 29.1 Å². The Morgan fingerprint density at radius 2 is 2.25 bits per heavy atom. The first-order valence-corrected chi connectivity index (χ1v) is 13.1. The summed E-state index contributed by atoms with van der Waals surface area (Å²) < 4.78 is 19.7. The molecule has 0 radical (unpaired) electrons. The molecular weight excluding hydrogens is 505 g/mol. The first-order valence-electron chi connectivity index (χ1n) is 11.8. The van der Waals surface area contributed by atoms with E-state index in [4.69, 9.17) is 16.3 Å². The summed E-state index contributed by atoms with van der Waals surface area (Å²) in [7, 11) is 1.50. The van der Waals surface area contributed by atoms with Gasteiger partial charge in [0.15, 0.2) is 5.82 Å². The molecule has 8 nitrogen and oxygen atoms in total. The van der Waals surface area contributed by atoms with Crippen LogP contribution in [0.3, 0.4) is 0 Å². The summed E-state index contributed by atoms with van der Waals surface area (Å²) in [4.78, 5) is 23.5. The number of ether oxygens (including phenoxy) is 1. The van der Waals surface area contributed by atoms with E-state index in [1.807, 2.05) is 12.1 Å². The lowest BCUT2D eigenvalue weighted by atomic mass is 10.00. The molecule has 2 aliphatic heterocycles. The lowest BCUT2D eigenvalue weighted by Gasteiger charge is -2.36. The van der Waals surface area contributed by atoms with Gasteiger partial charge >= 0.3 is 0 Å². The van der Waals surface area contributed by atoms with Crippen LogP contribution in [0.25, 0.3) is 10.9 Å². The molecule has 3 N–H and O–H groups in total. The SMILES string of the molecule is COc1cc(F)c2ncc(Cl)c(CCN3CC[C@@H](NCc4ccc5c(n4)NC(=O)CS5)[C@@H](O)C3)c2c1. The quantitative estimate of drug-likeness (QED) is 0.427. The molecule has 0 spiro atoms. The zero-order valence-electron chi connectivity index (χ0n) is 19.8. The number of benzene rings is 1. The molecule has 1 fully saturated rings. The largest absolute Gasteiger partial charge is 0.497 e. The molecule has 0 unspecified atom stereocenters. The summed E-state index contributed by atoms with van der Waals surface area (Å²) in [5, 5.41) is 18.1. The molecule has 0 saturated carbocycles. The van der Waals surface area contributed by atoms with Gasteiger partial charge in [-0.3, -0.25) is 9.78 Å². The highest BCUT2D eigenvalue weighted by atomic mass is 35.5. The number of piperidine rings is 1. The Bertz CT molecular complexity index is 1300. The van der Waals surface area contributed by atoms with Crippen LogP contribution in [0.2, 0.25) is 5.02 Å². The van der Waals surface area contributed by atoms with Gasteiger partial charge in [-0.25, -0.2) is 9.37 Å². The van der Waals surface area contributed by atoms with Gasteiger partial charge in [0, 0.05) is 43.3 Å². The second-order valence-corrected chi connectivity index (χ2v) is 10.4. The first kappa shape index (κ1) is 25.2. The fraction of sp³-hybridized carbons (Fsp3) is 0.400. The average molecular weight is 532 g/mol. The van der Waals surface area contributed by atoms with Crippen molar-refractivity contribution < 1.29 is 19.0 Å². The molecule has 190 valence electrons. The van der Waals surface area contributed by atoms with Crippen molar-refractivity contribution in [3.63, 3.8) is 0 Å². The molecule has 1 saturated heterocycles. The number of rotatable bonds is 7. The molecule has 2 aromatic heterocycles. The van der Waals surface area contributed by atoms with Crippen molar-refractivity contribution in [3.8, 4) is 5.75 Å². The monoisotopic (exact) mass is 531 g/mol. The normalized spacial score (nSPS) is 20.3. The number of hydrogen-bond donors (Lipinski definition) is 3. The summed E-state index contributed by atoms with van der Waals surface area (Å²) in [5.74, 6) is 0.941. The maximum absolute atomic E-state index is 14.5. The van der Waals surface area contributed by atoms with E-state index in [1.165, 1.54) is 31.1 Å². The van der Waals surface area contributed by atoms with Gasteiger partial charge in [-0.1, -0.05) is 11.6 Å². The van der Waals surface area contributed by atoms with Crippen molar-refractivity contribution >= 4 is 46.0 Å². The maximum atomic E-state index is 14.5. The molecular formula is C25H27ClFN5O3S. The van der Waals surface area contributed by atoms with Crippen molar-refractivity contribution in [1.82, 2.24) is 20.2 Å². The standard InChI is InChI=1S/C25H27ClFN5O3S/c1-35-15-8-17-16(18(26)11-29-24(17)19(27)9-15)4-6-32-7-5-20(21(33)12-32)28-10-14-2-3-22-25(30-14)31-23(34)13-36-22/h2-3,8-9,11,20-21,28,33H,4-7,10,12-13H2,1H3,(H,30,31,34)/t20-,21+/m1/s1. The van der Waals surface area contributed by atoms with Crippen molar-refractivity contribution in [2.45, 2.75) is 36.4 Å². The van der Waals surface area contributed by atoms with Gasteiger partial charge in [0.2, 0.25) is 5.91 Å². The number of likely N-dealkylation sites (tertiary alicyclic amines) is 1. The molecule has 36 heavy (non-hydrogen) atoms. The fourth-order valence-corrected chi connectivity index (χ4v) is 5.68. The number of carbonyl (C=O) groups excluding carboxylic acids is 1. The number of amides is 1. The van der Waals surface area contributed by atoms with Crippen LogP contribution in [0.5, 0.6) is 5.75 Å². The van der Waals surface area contributed by atoms with Crippen LogP contribution >= 0.6 is 23.4 Å². The number of anilines is 1. The van der Waals surface area contributed by atoms with E-state index in [-0.39, 0.29) is 17.5 Å². The van der Waals surface area contributed by atoms with E-state index >= 15 is 0 Å². The highest BCUT2D eigenvalue weighted by Crippen LogP contribution is 2.31. The van der Waals surface area contributed by atoms with Crippen LogP contribution in [-0.4, -0.2) is 70.5 Å². The second-order valence-electron chi connectivity index (χ2n) is 8.97. The van der Waals surface area contributed by atoms with Crippen LogP contribution in [0.4, 0.5) is 10.2 Å². The number of hydrogen-bond acceptors (Lipinski definition) is 8. The number of nitrogens with one attached hydrogen (secondary N) is 2. The minimum Gasteiger partial charge on any atom is -0.497 e. The van der Waals surface area contributed by atoms with Gasteiger partial charge in [0.1, 0.15) is 17.1 Å². The molecule has 1 amide bonds. The van der Waals surface area contributed by atoms with Crippen LogP contribution in [0.15, 0.2) is 35.4 Å². The molecule has 5 rings (SSSR count). The number of pyridine rings is 2. The lowest BCUT2D eigenvalue weighted by molar-refractivity contribution is -0.113. The third-order valence-electron chi connectivity index (χ3n) is 6.61. The highest BCUT2D eigenvalue weighted by Gasteiger charge is 2.28. The number of aromatic nitrogens is 2. The molecule has 4 heterocycles. The van der Waals surface area contributed by atoms with E-state index in [2.05, 4.69) is 25.5 Å². The summed E-state index contributed by atoms with van der Waals surface area (Å²) in [6, 6.07) is 6.93. The Morgan fingerprint density at radius 1 is 1.39 bits per heavy atom.